The van der Waals surface area contributed by atoms with Crippen LogP contribution in [0.5, 0.6) is 0 Å². The van der Waals surface area contributed by atoms with Crippen molar-refractivity contribution >= 4 is 63.2 Å². The normalized spacial score (nSPS) is 17.5. The summed E-state index contributed by atoms with van der Waals surface area (Å²) in [6.07, 6.45) is 2.61. The van der Waals surface area contributed by atoms with Crippen molar-refractivity contribution in [2.75, 3.05) is 6.61 Å². The van der Waals surface area contributed by atoms with Gasteiger partial charge >= 0.3 is 5.97 Å². The summed E-state index contributed by atoms with van der Waals surface area (Å²) in [6, 6.07) is 29.6. The van der Waals surface area contributed by atoms with E-state index in [4.69, 9.17) is 14.3 Å². The van der Waals surface area contributed by atoms with Crippen LogP contribution in [-0.4, -0.2) is 36.8 Å². The molecule has 1 heterocycles. The monoisotopic (exact) mass is 742 g/mol. The number of halogens is 2. The van der Waals surface area contributed by atoms with Gasteiger partial charge in [-0.05, 0) is 76.3 Å². The summed E-state index contributed by atoms with van der Waals surface area (Å²) < 4.78 is 16.7. The highest BCUT2D eigenvalue weighted by Crippen LogP contribution is 2.42. The Morgan fingerprint density at radius 1 is 0.976 bits per heavy atom. The summed E-state index contributed by atoms with van der Waals surface area (Å²) >= 11 is 5.77. The molecule has 41 heavy (non-hydrogen) atoms. The molecule has 8 heteroatoms. The van der Waals surface area contributed by atoms with Gasteiger partial charge in [-0.25, -0.2) is 4.79 Å². The third-order valence-electron chi connectivity index (χ3n) is 7.90. The lowest BCUT2D eigenvalue weighted by Crippen LogP contribution is -2.67. The van der Waals surface area contributed by atoms with Crippen molar-refractivity contribution in [3.63, 3.8) is 0 Å². The number of ether oxygens (including phenoxy) is 1. The zero-order chi connectivity index (χ0) is 29.2. The quantitative estimate of drug-likeness (QED) is 0.105. The van der Waals surface area contributed by atoms with Gasteiger partial charge in [0.1, 0.15) is 5.69 Å². The van der Waals surface area contributed by atoms with E-state index >= 15 is 0 Å². The highest BCUT2D eigenvalue weighted by atomic mass is 127. The van der Waals surface area contributed by atoms with Crippen LogP contribution in [0.2, 0.25) is 5.04 Å². The molecule has 0 N–H and O–H groups in total. The van der Waals surface area contributed by atoms with E-state index in [1.54, 1.807) is 0 Å². The second-order valence-corrected chi connectivity index (χ2v) is 17.8. The molecule has 0 saturated heterocycles. The van der Waals surface area contributed by atoms with Crippen LogP contribution >= 0.6 is 38.5 Å². The van der Waals surface area contributed by atoms with Crippen molar-refractivity contribution in [2.24, 2.45) is 0 Å². The first-order valence-corrected chi connectivity index (χ1v) is 17.9. The van der Waals surface area contributed by atoms with Gasteiger partial charge in [-0.1, -0.05) is 109 Å². The van der Waals surface area contributed by atoms with E-state index in [1.165, 1.54) is 10.4 Å². The third kappa shape index (κ3) is 5.98. The number of carbonyl (C=O) groups excluding carboxylic acids is 1. The lowest BCUT2D eigenvalue weighted by Gasteiger charge is -2.44. The molecule has 1 saturated carbocycles. The summed E-state index contributed by atoms with van der Waals surface area (Å²) in [5, 5.41) is 7.50. The molecule has 1 aliphatic rings. The predicted octanol–water partition coefficient (Wildman–Crippen LogP) is 7.76. The number of carbonyl (C=O) groups is 1. The first-order valence-electron chi connectivity index (χ1n) is 14.2. The van der Waals surface area contributed by atoms with Crippen LogP contribution in [0.25, 0.3) is 11.3 Å². The van der Waals surface area contributed by atoms with Crippen LogP contribution in [0.4, 0.5) is 0 Å². The first kappa shape index (κ1) is 30.2. The highest BCUT2D eigenvalue weighted by molar-refractivity contribution is 14.1. The maximum atomic E-state index is 13.2. The van der Waals surface area contributed by atoms with E-state index in [0.717, 1.165) is 38.6 Å². The predicted molar refractivity (Wildman–Crippen MR) is 179 cm³/mol. The number of nitrogens with zero attached hydrogens (tertiary/aromatic N) is 2. The Kier molecular flexibility index (Phi) is 9.23. The second kappa shape index (κ2) is 12.5. The fourth-order valence-electron chi connectivity index (χ4n) is 6.04. The molecule has 0 radical (unpaired) electrons. The SMILES string of the molecule is CCOC(=O)c1c(I)c(-c2ccc(Br)cc2)nn1C1CCC(O[Si](c2ccccc2)(c2ccccc2)C(C)(C)C)C1. The highest BCUT2D eigenvalue weighted by Gasteiger charge is 2.52. The van der Waals surface area contributed by atoms with Crippen LogP contribution in [0, 0.1) is 3.57 Å². The topological polar surface area (TPSA) is 53.3 Å². The molecule has 2 atom stereocenters. The Bertz CT molecular complexity index is 1450. The van der Waals surface area contributed by atoms with Gasteiger partial charge in [0, 0.05) is 16.1 Å². The van der Waals surface area contributed by atoms with Crippen LogP contribution in [0.1, 0.15) is 63.5 Å². The molecule has 1 fully saturated rings. The Hall–Kier alpha value is -2.27. The van der Waals surface area contributed by atoms with E-state index in [1.807, 2.05) is 35.9 Å². The maximum Gasteiger partial charge on any atom is 0.357 e. The zero-order valence-electron chi connectivity index (χ0n) is 23.9. The molecule has 4 aromatic rings. The molecule has 3 aromatic carbocycles. The Morgan fingerprint density at radius 3 is 2.10 bits per heavy atom. The van der Waals surface area contributed by atoms with Gasteiger partial charge in [0.15, 0.2) is 5.69 Å². The van der Waals surface area contributed by atoms with Crippen molar-refractivity contribution in [3.8, 4) is 11.3 Å². The van der Waals surface area contributed by atoms with Crippen molar-refractivity contribution < 1.29 is 14.0 Å². The minimum Gasteiger partial charge on any atom is -0.461 e. The molecule has 0 amide bonds. The van der Waals surface area contributed by atoms with Gasteiger partial charge in [0.05, 0.1) is 16.2 Å². The lowest BCUT2D eigenvalue weighted by molar-refractivity contribution is 0.0506. The van der Waals surface area contributed by atoms with Gasteiger partial charge in [0.25, 0.3) is 8.32 Å². The number of hydrogen-bond donors (Lipinski definition) is 0. The summed E-state index contributed by atoms with van der Waals surface area (Å²) in [5.74, 6) is -0.330. The number of esters is 1. The molecule has 0 spiro atoms. The maximum absolute atomic E-state index is 13.2. The van der Waals surface area contributed by atoms with Gasteiger partial charge in [-0.2, -0.15) is 5.10 Å². The molecule has 1 aromatic heterocycles. The Labute approximate surface area is 266 Å². The Balaban J connectivity index is 1.52. The van der Waals surface area contributed by atoms with E-state index in [0.29, 0.717) is 12.3 Å². The van der Waals surface area contributed by atoms with Crippen molar-refractivity contribution in [1.82, 2.24) is 9.78 Å². The van der Waals surface area contributed by atoms with Crippen LogP contribution < -0.4 is 10.4 Å². The first-order chi connectivity index (χ1) is 19.7. The molecule has 1 aliphatic carbocycles. The number of hydrogen-bond acceptors (Lipinski definition) is 4. The fourth-order valence-corrected chi connectivity index (χ4v) is 11.9. The van der Waals surface area contributed by atoms with Crippen LogP contribution in [0.15, 0.2) is 89.4 Å². The fraction of sp³-hybridized carbons (Fsp3) is 0.333. The molecule has 214 valence electrons. The Morgan fingerprint density at radius 2 is 1.56 bits per heavy atom. The minimum atomic E-state index is -2.68. The van der Waals surface area contributed by atoms with Crippen molar-refractivity contribution in [2.45, 2.75) is 64.1 Å². The second-order valence-electron chi connectivity index (χ2n) is 11.6. The largest absolute Gasteiger partial charge is 0.461 e. The molecular formula is C33H36BrIN2O3Si. The van der Waals surface area contributed by atoms with Crippen LogP contribution in [-0.2, 0) is 9.16 Å². The minimum absolute atomic E-state index is 0.0373. The summed E-state index contributed by atoms with van der Waals surface area (Å²) in [5.41, 5.74) is 2.30. The number of aromatic nitrogens is 2. The lowest BCUT2D eigenvalue weighted by atomic mass is 10.1. The van der Waals surface area contributed by atoms with E-state index in [9.17, 15) is 4.79 Å². The molecule has 2 unspecified atom stereocenters. The standard InChI is InChI=1S/C33H36BrIN2O3Si/c1-5-39-32(38)31-29(35)30(23-16-18-24(34)19-17-23)36-37(31)25-20-21-26(22-25)40-41(33(2,3)4,27-12-8-6-9-13-27)28-14-10-7-11-15-28/h6-19,25-26H,5,20-22H2,1-4H3. The zero-order valence-corrected chi connectivity index (χ0v) is 28.7. The number of benzene rings is 3. The van der Waals surface area contributed by atoms with Crippen molar-refractivity contribution in [1.29, 1.82) is 0 Å². The summed E-state index contributed by atoms with van der Waals surface area (Å²) in [6.45, 7) is 9.09. The van der Waals surface area contributed by atoms with Gasteiger partial charge in [-0.15, -0.1) is 0 Å². The van der Waals surface area contributed by atoms with E-state index in [-0.39, 0.29) is 23.2 Å². The summed E-state index contributed by atoms with van der Waals surface area (Å²) in [7, 11) is -2.68. The molecule has 5 rings (SSSR count). The van der Waals surface area contributed by atoms with Crippen molar-refractivity contribution in [3.05, 3.63) is 98.7 Å². The smallest absolute Gasteiger partial charge is 0.357 e. The van der Waals surface area contributed by atoms with Gasteiger partial charge in [-0.3, -0.25) is 4.68 Å². The summed E-state index contributed by atoms with van der Waals surface area (Å²) in [4.78, 5) is 13.2. The average Bonchev–Trinajstić information content (AvgIpc) is 3.56. The van der Waals surface area contributed by atoms with Gasteiger partial charge < -0.3 is 9.16 Å². The molecule has 0 bridgehead atoms. The molecular weight excluding hydrogens is 707 g/mol. The molecule has 0 aliphatic heterocycles. The number of rotatable bonds is 8. The van der Waals surface area contributed by atoms with E-state index in [2.05, 4.69) is 120 Å². The van der Waals surface area contributed by atoms with E-state index < -0.39 is 8.32 Å². The van der Waals surface area contributed by atoms with Gasteiger partial charge in [0.2, 0.25) is 0 Å². The average molecular weight is 744 g/mol. The van der Waals surface area contributed by atoms with Crippen LogP contribution in [0.3, 0.4) is 0 Å². The third-order valence-corrected chi connectivity index (χ3v) is 14.5. The molecule has 5 nitrogen and oxygen atoms in total.